The number of nitrogens with one attached hydrogen (secondary N) is 1. The van der Waals surface area contributed by atoms with Crippen LogP contribution in [0.5, 0.6) is 5.75 Å². The van der Waals surface area contributed by atoms with Gasteiger partial charge in [0.25, 0.3) is 0 Å². The van der Waals surface area contributed by atoms with E-state index in [2.05, 4.69) is 42.6 Å². The lowest BCUT2D eigenvalue weighted by molar-refractivity contribution is -0.147. The van der Waals surface area contributed by atoms with Gasteiger partial charge in [-0.2, -0.15) is 0 Å². The minimum atomic E-state index is -1.56. The van der Waals surface area contributed by atoms with Gasteiger partial charge in [-0.25, -0.2) is 4.79 Å². The molecule has 0 atom stereocenters. The Bertz CT molecular complexity index is 1620. The number of ether oxygens (including phenoxy) is 1. The molecule has 0 aliphatic rings. The number of hydrogen-bond donors (Lipinski definition) is 2. The zero-order valence-corrected chi connectivity index (χ0v) is 22.4. The van der Waals surface area contributed by atoms with Crippen LogP contribution in [0.15, 0.2) is 101 Å². The summed E-state index contributed by atoms with van der Waals surface area (Å²) in [5.74, 6) is -1.22. The molecular formula is C34H31NO5. The summed E-state index contributed by atoms with van der Waals surface area (Å²) in [4.78, 5) is 23.0. The topological polar surface area (TPSA) is 88.8 Å². The van der Waals surface area contributed by atoms with Crippen molar-refractivity contribution < 1.29 is 23.8 Å². The molecule has 0 saturated carbocycles. The van der Waals surface area contributed by atoms with Gasteiger partial charge in [0.2, 0.25) is 0 Å². The van der Waals surface area contributed by atoms with Gasteiger partial charge in [-0.05, 0) is 46.9 Å². The van der Waals surface area contributed by atoms with E-state index in [1.807, 2.05) is 60.7 Å². The Morgan fingerprint density at radius 2 is 1.57 bits per heavy atom. The first-order chi connectivity index (χ1) is 19.5. The van der Waals surface area contributed by atoms with Crippen LogP contribution >= 0.6 is 0 Å². The average molecular weight is 534 g/mol. The number of anilines is 1. The highest BCUT2D eigenvalue weighted by molar-refractivity contribution is 6.36. The molecule has 2 N–H and O–H groups in total. The van der Waals surface area contributed by atoms with Crippen LogP contribution in [0.2, 0.25) is 0 Å². The van der Waals surface area contributed by atoms with Crippen molar-refractivity contribution in [2.24, 2.45) is 0 Å². The van der Waals surface area contributed by atoms with Crippen LogP contribution in [0.1, 0.15) is 42.2 Å². The highest BCUT2D eigenvalue weighted by Crippen LogP contribution is 2.33. The second-order valence-electron chi connectivity index (χ2n) is 9.72. The van der Waals surface area contributed by atoms with Crippen LogP contribution in [0, 0.1) is 0 Å². The molecule has 40 heavy (non-hydrogen) atoms. The Labute approximate surface area is 233 Å². The molecule has 5 rings (SSSR count). The predicted molar refractivity (Wildman–Crippen MR) is 157 cm³/mol. The summed E-state index contributed by atoms with van der Waals surface area (Å²) < 4.78 is 12.2. The van der Waals surface area contributed by atoms with Crippen molar-refractivity contribution >= 4 is 28.5 Å². The lowest BCUT2D eigenvalue weighted by Gasteiger charge is -2.14. The van der Waals surface area contributed by atoms with Crippen molar-refractivity contribution in [3.05, 3.63) is 120 Å². The second kappa shape index (κ2) is 12.3. The molecule has 6 nitrogen and oxygen atoms in total. The fourth-order valence-corrected chi connectivity index (χ4v) is 4.74. The molecule has 0 aliphatic heterocycles. The number of amides is 1. The van der Waals surface area contributed by atoms with Crippen LogP contribution in [0.3, 0.4) is 0 Å². The van der Waals surface area contributed by atoms with Crippen LogP contribution in [-0.4, -0.2) is 17.0 Å². The first-order valence-electron chi connectivity index (χ1n) is 13.5. The van der Waals surface area contributed by atoms with Crippen molar-refractivity contribution in [2.45, 2.75) is 39.2 Å². The zero-order valence-electron chi connectivity index (χ0n) is 22.4. The molecule has 0 aliphatic carbocycles. The predicted octanol–water partition coefficient (Wildman–Crippen LogP) is 7.64. The van der Waals surface area contributed by atoms with Crippen molar-refractivity contribution in [2.75, 3.05) is 5.32 Å². The van der Waals surface area contributed by atoms with E-state index in [1.165, 1.54) is 11.1 Å². The number of benzene rings is 4. The van der Waals surface area contributed by atoms with Crippen LogP contribution in [0.25, 0.3) is 22.1 Å². The summed E-state index contributed by atoms with van der Waals surface area (Å²) >= 11 is 0. The third kappa shape index (κ3) is 6.24. The molecule has 5 aromatic rings. The normalized spacial score (nSPS) is 10.9. The third-order valence-corrected chi connectivity index (χ3v) is 6.87. The zero-order chi connectivity index (χ0) is 27.9. The van der Waals surface area contributed by atoms with E-state index in [4.69, 9.17) is 14.3 Å². The number of carbonyl (C=O) groups excluding carboxylic acids is 1. The third-order valence-electron chi connectivity index (χ3n) is 6.87. The molecule has 202 valence electrons. The molecule has 0 fully saturated rings. The summed E-state index contributed by atoms with van der Waals surface area (Å²) in [6, 6.07) is 31.5. The highest BCUT2D eigenvalue weighted by atomic mass is 16.5. The van der Waals surface area contributed by atoms with Gasteiger partial charge in [0.15, 0.2) is 0 Å². The van der Waals surface area contributed by atoms with Gasteiger partial charge in [-0.15, -0.1) is 0 Å². The molecule has 1 amide bonds. The number of carboxylic acid groups (broad SMARTS) is 1. The summed E-state index contributed by atoms with van der Waals surface area (Å²) in [6.45, 7) is 2.46. The van der Waals surface area contributed by atoms with E-state index >= 15 is 0 Å². The first-order valence-corrected chi connectivity index (χ1v) is 13.5. The number of hydrogen-bond acceptors (Lipinski definition) is 4. The van der Waals surface area contributed by atoms with Crippen molar-refractivity contribution in [3.63, 3.8) is 0 Å². The van der Waals surface area contributed by atoms with E-state index in [1.54, 1.807) is 6.07 Å². The number of aliphatic carboxylic acids is 1. The van der Waals surface area contributed by atoms with E-state index in [0.717, 1.165) is 59.1 Å². The van der Waals surface area contributed by atoms with E-state index < -0.39 is 11.9 Å². The molecule has 0 spiro atoms. The minimum absolute atomic E-state index is 0.276. The Kier molecular flexibility index (Phi) is 8.26. The monoisotopic (exact) mass is 533 g/mol. The molecule has 4 aromatic carbocycles. The fraction of sp³-hybridized carbons (Fsp3) is 0.176. The van der Waals surface area contributed by atoms with E-state index in [-0.39, 0.29) is 6.61 Å². The highest BCUT2D eigenvalue weighted by Gasteiger charge is 2.17. The molecule has 0 radical (unpaired) electrons. The molecule has 1 heterocycles. The number of furan rings is 1. The van der Waals surface area contributed by atoms with Gasteiger partial charge in [0.05, 0.1) is 5.69 Å². The smallest absolute Gasteiger partial charge is 0.394 e. The Hall–Kier alpha value is -4.84. The maximum absolute atomic E-state index is 11.9. The number of para-hydroxylation sites is 1. The SMILES string of the molecule is CCCCc1oc2ccccc2c1Cc1ccc(-c2ccc(NC(=O)C(=O)O)c(OCc3ccccc3)c2)cc1. The van der Waals surface area contributed by atoms with Gasteiger partial charge in [-0.3, -0.25) is 4.79 Å². The average Bonchev–Trinajstić information content (AvgIpc) is 3.33. The number of aryl methyl sites for hydroxylation is 1. The summed E-state index contributed by atoms with van der Waals surface area (Å²) in [5, 5.41) is 12.6. The van der Waals surface area contributed by atoms with Crippen LogP contribution in [0.4, 0.5) is 5.69 Å². The van der Waals surface area contributed by atoms with Gasteiger partial charge in [0.1, 0.15) is 23.7 Å². The summed E-state index contributed by atoms with van der Waals surface area (Å²) in [6.07, 6.45) is 3.90. The number of carboxylic acids is 1. The summed E-state index contributed by atoms with van der Waals surface area (Å²) in [5.41, 5.74) is 6.48. The lowest BCUT2D eigenvalue weighted by atomic mass is 9.97. The van der Waals surface area contributed by atoms with Gasteiger partial charge in [0, 0.05) is 23.8 Å². The largest absolute Gasteiger partial charge is 0.487 e. The van der Waals surface area contributed by atoms with Crippen molar-refractivity contribution in [1.82, 2.24) is 0 Å². The molecule has 0 saturated heterocycles. The van der Waals surface area contributed by atoms with Crippen LogP contribution < -0.4 is 10.1 Å². The second-order valence-corrected chi connectivity index (χ2v) is 9.72. The number of rotatable bonds is 10. The van der Waals surface area contributed by atoms with E-state index in [9.17, 15) is 9.59 Å². The van der Waals surface area contributed by atoms with Gasteiger partial charge in [-0.1, -0.05) is 92.2 Å². The maximum Gasteiger partial charge on any atom is 0.394 e. The Morgan fingerprint density at radius 1 is 0.850 bits per heavy atom. The summed E-state index contributed by atoms with van der Waals surface area (Å²) in [7, 11) is 0. The molecular weight excluding hydrogens is 502 g/mol. The molecule has 1 aromatic heterocycles. The maximum atomic E-state index is 11.9. The Morgan fingerprint density at radius 3 is 2.33 bits per heavy atom. The standard InChI is InChI=1S/C34H31NO5/c1-2-3-12-31-28(27-11-7-8-13-30(27)40-31)20-23-14-16-25(17-15-23)26-18-19-29(35-33(36)34(37)38)32(21-26)39-22-24-9-5-4-6-10-24/h4-11,13-19,21H,2-3,12,20,22H2,1H3,(H,35,36)(H,37,38). The molecule has 6 heteroatoms. The number of unbranched alkanes of at least 4 members (excludes halogenated alkanes) is 1. The van der Waals surface area contributed by atoms with Crippen LogP contribution in [-0.2, 0) is 29.0 Å². The number of fused-ring (bicyclic) bond motifs is 1. The fourth-order valence-electron chi connectivity index (χ4n) is 4.74. The lowest BCUT2D eigenvalue weighted by Crippen LogP contribution is -2.22. The number of carbonyl (C=O) groups is 2. The van der Waals surface area contributed by atoms with Gasteiger partial charge >= 0.3 is 11.9 Å². The van der Waals surface area contributed by atoms with Crippen molar-refractivity contribution in [3.8, 4) is 16.9 Å². The molecule has 0 unspecified atom stereocenters. The minimum Gasteiger partial charge on any atom is -0.487 e. The van der Waals surface area contributed by atoms with E-state index in [0.29, 0.717) is 11.4 Å². The van der Waals surface area contributed by atoms with Gasteiger partial charge < -0.3 is 19.6 Å². The quantitative estimate of drug-likeness (QED) is 0.180. The first kappa shape index (κ1) is 26.8. The Balaban J connectivity index is 1.39. The van der Waals surface area contributed by atoms with Crippen molar-refractivity contribution in [1.29, 1.82) is 0 Å². The molecule has 0 bridgehead atoms.